The molecular weight excluding hydrogens is 342 g/mol. The summed E-state index contributed by atoms with van der Waals surface area (Å²) in [5, 5.41) is 0. The number of piperidine rings is 1. The van der Waals surface area contributed by atoms with Crippen molar-refractivity contribution in [3.8, 4) is 0 Å². The van der Waals surface area contributed by atoms with Crippen molar-refractivity contribution < 1.29 is 14.3 Å². The van der Waals surface area contributed by atoms with Gasteiger partial charge in [-0.2, -0.15) is 0 Å². The van der Waals surface area contributed by atoms with Crippen molar-refractivity contribution in [2.45, 2.75) is 51.0 Å². The first-order valence-corrected chi connectivity index (χ1v) is 9.43. The van der Waals surface area contributed by atoms with Gasteiger partial charge in [-0.05, 0) is 32.6 Å². The van der Waals surface area contributed by atoms with Crippen LogP contribution in [0.15, 0.2) is 0 Å². The Balaban J connectivity index is 0.00000225. The first kappa shape index (κ1) is 20.5. The normalized spacial score (nSPS) is 31.4. The Bertz CT molecular complexity index is 472. The minimum atomic E-state index is -0.379. The number of ether oxygens (including phenoxy) is 1. The summed E-state index contributed by atoms with van der Waals surface area (Å²) in [5.74, 6) is 0.448. The molecule has 2 aliphatic heterocycles. The molecule has 0 radical (unpaired) electrons. The van der Waals surface area contributed by atoms with E-state index < -0.39 is 0 Å². The first-order valence-electron chi connectivity index (χ1n) is 9.43. The third-order valence-corrected chi connectivity index (χ3v) is 6.03. The Morgan fingerprint density at radius 2 is 1.56 bits per heavy atom. The number of likely N-dealkylation sites (tertiary alicyclic amines) is 1. The zero-order valence-corrected chi connectivity index (χ0v) is 16.1. The molecule has 144 valence electrons. The van der Waals surface area contributed by atoms with Crippen molar-refractivity contribution in [3.05, 3.63) is 0 Å². The number of halogens is 1. The molecule has 2 unspecified atom stereocenters. The molecule has 7 heteroatoms. The van der Waals surface area contributed by atoms with E-state index in [1.54, 1.807) is 0 Å². The summed E-state index contributed by atoms with van der Waals surface area (Å²) in [7, 11) is 0. The summed E-state index contributed by atoms with van der Waals surface area (Å²) in [6, 6.07) is 0. The predicted molar refractivity (Wildman–Crippen MR) is 98.5 cm³/mol. The molecule has 3 rings (SSSR count). The van der Waals surface area contributed by atoms with Crippen LogP contribution >= 0.6 is 12.4 Å². The van der Waals surface area contributed by atoms with E-state index in [2.05, 4.69) is 0 Å². The molecule has 2 atom stereocenters. The maximum Gasteiger partial charge on any atom is 0.227 e. The molecule has 25 heavy (non-hydrogen) atoms. The van der Waals surface area contributed by atoms with Crippen molar-refractivity contribution in [2.24, 2.45) is 17.6 Å². The molecule has 2 saturated heterocycles. The number of carbonyl (C=O) groups excluding carboxylic acids is 2. The van der Waals surface area contributed by atoms with E-state index >= 15 is 0 Å². The van der Waals surface area contributed by atoms with Gasteiger partial charge in [0, 0.05) is 37.6 Å². The van der Waals surface area contributed by atoms with Crippen molar-refractivity contribution >= 4 is 24.2 Å². The summed E-state index contributed by atoms with van der Waals surface area (Å²) < 4.78 is 5.31. The fraction of sp³-hybridized carbons (Fsp3) is 0.889. The lowest BCUT2D eigenvalue weighted by atomic mass is 9.73. The molecule has 1 saturated carbocycles. The smallest absolute Gasteiger partial charge is 0.227 e. The average Bonchev–Trinajstić information content (AvgIpc) is 2.61. The second-order valence-electron chi connectivity index (χ2n) is 7.84. The number of nitrogens with zero attached hydrogens (tertiary/aromatic N) is 2. The van der Waals surface area contributed by atoms with Crippen LogP contribution in [0.5, 0.6) is 0 Å². The Labute approximate surface area is 156 Å². The standard InChI is InChI=1S/C18H31N3O3.ClH/c1-18(19)7-3-2-4-15(18)17(23)20-8-5-14(6-9-20)16(22)21-10-12-24-13-11-21;/h14-15H,2-13,19H2,1H3;1H. The second kappa shape index (κ2) is 8.69. The van der Waals surface area contributed by atoms with Gasteiger partial charge in [0.1, 0.15) is 0 Å². The third kappa shape index (κ3) is 4.66. The number of hydrogen-bond acceptors (Lipinski definition) is 4. The number of hydrogen-bond donors (Lipinski definition) is 1. The van der Waals surface area contributed by atoms with Crippen LogP contribution in [0, 0.1) is 11.8 Å². The molecule has 0 bridgehead atoms. The fourth-order valence-corrected chi connectivity index (χ4v) is 4.37. The molecule has 2 heterocycles. The third-order valence-electron chi connectivity index (χ3n) is 6.03. The van der Waals surface area contributed by atoms with Gasteiger partial charge in [-0.15, -0.1) is 12.4 Å². The molecule has 0 spiro atoms. The predicted octanol–water partition coefficient (Wildman–Crippen LogP) is 1.41. The minimum absolute atomic E-state index is 0. The molecule has 3 fully saturated rings. The highest BCUT2D eigenvalue weighted by atomic mass is 35.5. The second-order valence-corrected chi connectivity index (χ2v) is 7.84. The van der Waals surface area contributed by atoms with Crippen LogP contribution in [0.2, 0.25) is 0 Å². The van der Waals surface area contributed by atoms with Gasteiger partial charge in [0.15, 0.2) is 0 Å². The fourth-order valence-electron chi connectivity index (χ4n) is 4.37. The maximum absolute atomic E-state index is 12.9. The average molecular weight is 374 g/mol. The van der Waals surface area contributed by atoms with Gasteiger partial charge in [-0.25, -0.2) is 0 Å². The number of amides is 2. The summed E-state index contributed by atoms with van der Waals surface area (Å²) in [6.45, 7) is 6.07. The van der Waals surface area contributed by atoms with Crippen LogP contribution in [0.3, 0.4) is 0 Å². The van der Waals surface area contributed by atoms with Crippen LogP contribution in [0.25, 0.3) is 0 Å². The van der Waals surface area contributed by atoms with Gasteiger partial charge < -0.3 is 20.3 Å². The summed E-state index contributed by atoms with van der Waals surface area (Å²) >= 11 is 0. The van der Waals surface area contributed by atoms with E-state index in [0.717, 1.165) is 38.5 Å². The molecule has 0 aromatic heterocycles. The lowest BCUT2D eigenvalue weighted by Crippen LogP contribution is -2.55. The van der Waals surface area contributed by atoms with Crippen molar-refractivity contribution in [1.29, 1.82) is 0 Å². The van der Waals surface area contributed by atoms with Gasteiger partial charge in [0.05, 0.1) is 19.1 Å². The number of carbonyl (C=O) groups is 2. The zero-order valence-electron chi connectivity index (χ0n) is 15.2. The lowest BCUT2D eigenvalue weighted by molar-refractivity contribution is -0.146. The Kier molecular flexibility index (Phi) is 7.11. The molecule has 6 nitrogen and oxygen atoms in total. The highest BCUT2D eigenvalue weighted by Crippen LogP contribution is 2.34. The Hall–Kier alpha value is -0.850. The first-order chi connectivity index (χ1) is 11.5. The van der Waals surface area contributed by atoms with Gasteiger partial charge in [0.25, 0.3) is 0 Å². The summed E-state index contributed by atoms with van der Waals surface area (Å²) in [4.78, 5) is 29.3. The highest BCUT2D eigenvalue weighted by molar-refractivity contribution is 5.85. The van der Waals surface area contributed by atoms with Crippen LogP contribution in [0.1, 0.15) is 45.4 Å². The van der Waals surface area contributed by atoms with E-state index in [1.165, 1.54) is 0 Å². The van der Waals surface area contributed by atoms with Gasteiger partial charge in [0.2, 0.25) is 11.8 Å². The van der Waals surface area contributed by atoms with Crippen LogP contribution in [0.4, 0.5) is 0 Å². The summed E-state index contributed by atoms with van der Waals surface area (Å²) in [6.07, 6.45) is 5.59. The highest BCUT2D eigenvalue weighted by Gasteiger charge is 2.41. The number of morpholine rings is 1. The van der Waals surface area contributed by atoms with E-state index in [1.807, 2.05) is 16.7 Å². The lowest BCUT2D eigenvalue weighted by Gasteiger charge is -2.42. The zero-order chi connectivity index (χ0) is 17.2. The topological polar surface area (TPSA) is 75.9 Å². The number of nitrogens with two attached hydrogens (primary N) is 1. The molecule has 0 aromatic rings. The largest absolute Gasteiger partial charge is 0.378 e. The minimum Gasteiger partial charge on any atom is -0.378 e. The van der Waals surface area contributed by atoms with E-state index in [0.29, 0.717) is 39.4 Å². The Morgan fingerprint density at radius 3 is 2.16 bits per heavy atom. The van der Waals surface area contributed by atoms with Gasteiger partial charge in [-0.1, -0.05) is 12.8 Å². The van der Waals surface area contributed by atoms with Crippen LogP contribution in [-0.4, -0.2) is 66.5 Å². The van der Waals surface area contributed by atoms with E-state index in [9.17, 15) is 9.59 Å². The monoisotopic (exact) mass is 373 g/mol. The maximum atomic E-state index is 12.9. The van der Waals surface area contributed by atoms with Crippen LogP contribution in [-0.2, 0) is 14.3 Å². The number of rotatable bonds is 2. The van der Waals surface area contributed by atoms with E-state index in [-0.39, 0.29) is 41.6 Å². The molecule has 2 amide bonds. The molecule has 3 aliphatic rings. The van der Waals surface area contributed by atoms with Crippen molar-refractivity contribution in [3.63, 3.8) is 0 Å². The molecule has 0 aromatic carbocycles. The molecule has 2 N–H and O–H groups in total. The van der Waals surface area contributed by atoms with Crippen molar-refractivity contribution in [2.75, 3.05) is 39.4 Å². The molecule has 1 aliphatic carbocycles. The summed E-state index contributed by atoms with van der Waals surface area (Å²) in [5.41, 5.74) is 6.00. The quantitative estimate of drug-likeness (QED) is 0.794. The van der Waals surface area contributed by atoms with Gasteiger partial charge >= 0.3 is 0 Å². The SMILES string of the molecule is CC1(N)CCCCC1C(=O)N1CCC(C(=O)N2CCOCC2)CC1.Cl. The molecular formula is C18H32ClN3O3. The van der Waals surface area contributed by atoms with Crippen molar-refractivity contribution in [1.82, 2.24) is 9.80 Å². The van der Waals surface area contributed by atoms with E-state index in [4.69, 9.17) is 10.5 Å². The Morgan fingerprint density at radius 1 is 0.960 bits per heavy atom. The van der Waals surface area contributed by atoms with Gasteiger partial charge in [-0.3, -0.25) is 9.59 Å². The van der Waals surface area contributed by atoms with Crippen LogP contribution < -0.4 is 5.73 Å².